The molecule has 1 aromatic carbocycles. The average molecular weight is 312 g/mol. The van der Waals surface area contributed by atoms with E-state index < -0.39 is 23.8 Å². The molecule has 8 nitrogen and oxygen atoms in total. The predicted molar refractivity (Wildman–Crippen MR) is 75.7 cm³/mol. The van der Waals surface area contributed by atoms with E-state index >= 15 is 0 Å². The summed E-state index contributed by atoms with van der Waals surface area (Å²) in [6.45, 7) is 0.147. The highest BCUT2D eigenvalue weighted by Gasteiger charge is 2.40. The highest BCUT2D eigenvalue weighted by Crippen LogP contribution is 2.31. The van der Waals surface area contributed by atoms with Crippen LogP contribution >= 0.6 is 0 Å². The Morgan fingerprint density at radius 1 is 1.35 bits per heavy atom. The lowest BCUT2D eigenvalue weighted by atomic mass is 9.98. The number of nitriles is 1. The molecular weight excluding hydrogens is 300 g/mol. The van der Waals surface area contributed by atoms with Gasteiger partial charge < -0.3 is 10.6 Å². The van der Waals surface area contributed by atoms with Gasteiger partial charge in [-0.15, -0.1) is 0 Å². The third kappa shape index (κ3) is 2.23. The quantitative estimate of drug-likeness (QED) is 0.705. The number of rotatable bonds is 2. The number of primary amides is 1. The first kappa shape index (κ1) is 14.7. The number of nitrogens with two attached hydrogens (primary N) is 1. The van der Waals surface area contributed by atoms with Gasteiger partial charge in [-0.1, -0.05) is 6.07 Å². The molecule has 1 aromatic rings. The van der Waals surface area contributed by atoms with Gasteiger partial charge in [0, 0.05) is 13.0 Å². The van der Waals surface area contributed by atoms with Crippen molar-refractivity contribution in [3.8, 4) is 6.07 Å². The molecule has 116 valence electrons. The molecule has 2 aliphatic heterocycles. The maximum absolute atomic E-state index is 12.6. The van der Waals surface area contributed by atoms with E-state index in [1.807, 2.05) is 6.07 Å². The lowest BCUT2D eigenvalue weighted by Crippen LogP contribution is -2.52. The largest absolute Gasteiger partial charge is 0.366 e. The number of nitrogens with zero attached hydrogens (tertiary/aromatic N) is 2. The van der Waals surface area contributed by atoms with Crippen LogP contribution in [0.5, 0.6) is 0 Å². The minimum Gasteiger partial charge on any atom is -0.366 e. The number of benzene rings is 1. The van der Waals surface area contributed by atoms with E-state index in [0.717, 1.165) is 0 Å². The summed E-state index contributed by atoms with van der Waals surface area (Å²) in [4.78, 5) is 48.5. The maximum Gasteiger partial charge on any atom is 0.256 e. The second kappa shape index (κ2) is 5.21. The van der Waals surface area contributed by atoms with Gasteiger partial charge in [0.15, 0.2) is 0 Å². The first-order chi connectivity index (χ1) is 10.9. The number of carbonyl (C=O) groups is 4. The number of carbonyl (C=O) groups excluding carboxylic acids is 4. The fraction of sp³-hybridized carbons (Fsp3) is 0.267. The average Bonchev–Trinajstić information content (AvgIpc) is 2.83. The smallest absolute Gasteiger partial charge is 0.256 e. The minimum atomic E-state index is -0.795. The van der Waals surface area contributed by atoms with Crippen LogP contribution in [0.1, 0.15) is 44.7 Å². The molecular formula is C15H12N4O4. The lowest BCUT2D eigenvalue weighted by Gasteiger charge is -2.29. The summed E-state index contributed by atoms with van der Waals surface area (Å²) in [7, 11) is 0. The van der Waals surface area contributed by atoms with Crippen LogP contribution in [0.2, 0.25) is 0 Å². The van der Waals surface area contributed by atoms with Crippen LogP contribution in [-0.4, -0.2) is 34.6 Å². The topological polar surface area (TPSA) is 133 Å². The van der Waals surface area contributed by atoms with Crippen molar-refractivity contribution in [3.05, 3.63) is 34.4 Å². The van der Waals surface area contributed by atoms with Gasteiger partial charge in [-0.05, 0) is 18.1 Å². The second-order valence-corrected chi connectivity index (χ2v) is 5.40. The van der Waals surface area contributed by atoms with Crippen molar-refractivity contribution in [2.75, 3.05) is 0 Å². The van der Waals surface area contributed by atoms with Crippen LogP contribution in [0, 0.1) is 11.3 Å². The second-order valence-electron chi connectivity index (χ2n) is 5.40. The van der Waals surface area contributed by atoms with E-state index in [-0.39, 0.29) is 42.0 Å². The SMILES string of the molecule is N#Cc1c(C(N)=O)ccc2c1C(=O)N(C1CCC(=O)NC1=O)C2. The third-order valence-electron chi connectivity index (χ3n) is 4.07. The predicted octanol–water partition coefficient (Wildman–Crippen LogP) is -0.582. The molecule has 3 rings (SSSR count). The van der Waals surface area contributed by atoms with Gasteiger partial charge in [-0.25, -0.2) is 0 Å². The van der Waals surface area contributed by atoms with Crippen molar-refractivity contribution in [1.82, 2.24) is 10.2 Å². The van der Waals surface area contributed by atoms with Crippen LogP contribution in [-0.2, 0) is 16.1 Å². The summed E-state index contributed by atoms with van der Waals surface area (Å²) in [6.07, 6.45) is 0.378. The molecule has 1 saturated heterocycles. The van der Waals surface area contributed by atoms with Crippen LogP contribution in [0.4, 0.5) is 0 Å². The van der Waals surface area contributed by atoms with Gasteiger partial charge in [-0.2, -0.15) is 5.26 Å². The third-order valence-corrected chi connectivity index (χ3v) is 4.07. The van der Waals surface area contributed by atoms with Crippen molar-refractivity contribution in [2.45, 2.75) is 25.4 Å². The summed E-state index contributed by atoms with van der Waals surface area (Å²) in [5.41, 5.74) is 5.79. The van der Waals surface area contributed by atoms with Gasteiger partial charge >= 0.3 is 0 Å². The molecule has 23 heavy (non-hydrogen) atoms. The zero-order valence-corrected chi connectivity index (χ0v) is 12.0. The Kier molecular flexibility index (Phi) is 3.33. The Morgan fingerprint density at radius 2 is 2.09 bits per heavy atom. The van der Waals surface area contributed by atoms with Crippen molar-refractivity contribution < 1.29 is 19.2 Å². The molecule has 1 fully saturated rings. The van der Waals surface area contributed by atoms with Crippen LogP contribution in [0.3, 0.4) is 0 Å². The molecule has 0 aliphatic carbocycles. The molecule has 0 bridgehead atoms. The van der Waals surface area contributed by atoms with E-state index in [1.54, 1.807) is 6.07 Å². The molecule has 0 saturated carbocycles. The van der Waals surface area contributed by atoms with Gasteiger partial charge in [0.25, 0.3) is 5.91 Å². The van der Waals surface area contributed by atoms with E-state index in [9.17, 15) is 24.4 Å². The fourth-order valence-electron chi connectivity index (χ4n) is 2.97. The summed E-state index contributed by atoms with van der Waals surface area (Å²) in [5.74, 6) is -2.20. The van der Waals surface area contributed by atoms with Crippen molar-refractivity contribution in [1.29, 1.82) is 5.26 Å². The van der Waals surface area contributed by atoms with E-state index in [1.165, 1.54) is 11.0 Å². The minimum absolute atomic E-state index is 0.0234. The molecule has 1 atom stereocenters. The van der Waals surface area contributed by atoms with Gasteiger partial charge in [-0.3, -0.25) is 24.5 Å². The van der Waals surface area contributed by atoms with E-state index in [4.69, 9.17) is 5.73 Å². The van der Waals surface area contributed by atoms with Gasteiger partial charge in [0.05, 0.1) is 16.7 Å². The zero-order chi connectivity index (χ0) is 16.7. The molecule has 0 radical (unpaired) electrons. The summed E-state index contributed by atoms with van der Waals surface area (Å²) in [6, 6.07) is 4.04. The summed E-state index contributed by atoms with van der Waals surface area (Å²) < 4.78 is 0. The Bertz CT molecular complexity index is 808. The highest BCUT2D eigenvalue weighted by molar-refractivity contribution is 6.08. The number of nitrogens with one attached hydrogen (secondary N) is 1. The Balaban J connectivity index is 2.00. The molecule has 2 heterocycles. The maximum atomic E-state index is 12.6. The van der Waals surface area contributed by atoms with Crippen molar-refractivity contribution >= 4 is 23.6 Å². The number of imide groups is 1. The van der Waals surface area contributed by atoms with Gasteiger partial charge in [0.1, 0.15) is 12.1 Å². The molecule has 3 N–H and O–H groups in total. The Hall–Kier alpha value is -3.21. The van der Waals surface area contributed by atoms with Crippen LogP contribution in [0.15, 0.2) is 12.1 Å². The molecule has 4 amide bonds. The fourth-order valence-corrected chi connectivity index (χ4v) is 2.97. The first-order valence-corrected chi connectivity index (χ1v) is 6.94. The van der Waals surface area contributed by atoms with Gasteiger partial charge in [0.2, 0.25) is 17.7 Å². The van der Waals surface area contributed by atoms with Crippen molar-refractivity contribution in [2.24, 2.45) is 5.73 Å². The first-order valence-electron chi connectivity index (χ1n) is 6.94. The zero-order valence-electron chi connectivity index (χ0n) is 12.0. The summed E-state index contributed by atoms with van der Waals surface area (Å²) >= 11 is 0. The highest BCUT2D eigenvalue weighted by atomic mass is 16.2. The Labute approximate surface area is 130 Å². The molecule has 8 heteroatoms. The molecule has 0 aromatic heterocycles. The number of amides is 4. The number of hydrogen-bond acceptors (Lipinski definition) is 5. The number of fused-ring (bicyclic) bond motifs is 1. The standard InChI is InChI=1S/C15H12N4O4/c16-5-9-8(13(17)21)2-1-7-6-19(15(23)12(7)9)10-3-4-11(20)18-14(10)22/h1-2,10H,3-4,6H2,(H2,17,21)(H,18,20,22). The molecule has 2 aliphatic rings. The lowest BCUT2D eigenvalue weighted by molar-refractivity contribution is -0.136. The Morgan fingerprint density at radius 3 is 2.70 bits per heavy atom. The van der Waals surface area contributed by atoms with Crippen molar-refractivity contribution in [3.63, 3.8) is 0 Å². The normalized spacial score (nSPS) is 20.0. The van der Waals surface area contributed by atoms with Crippen LogP contribution in [0.25, 0.3) is 0 Å². The monoisotopic (exact) mass is 312 g/mol. The van der Waals surface area contributed by atoms with Crippen LogP contribution < -0.4 is 11.1 Å². The number of piperidine rings is 1. The molecule has 1 unspecified atom stereocenters. The summed E-state index contributed by atoms with van der Waals surface area (Å²) in [5, 5.41) is 11.5. The van der Waals surface area contributed by atoms with E-state index in [0.29, 0.717) is 5.56 Å². The van der Waals surface area contributed by atoms with E-state index in [2.05, 4.69) is 5.32 Å². The molecule has 0 spiro atoms. The number of hydrogen-bond donors (Lipinski definition) is 2.